The van der Waals surface area contributed by atoms with Crippen LogP contribution in [0.4, 0.5) is 0 Å². The number of halogens is 1. The molecule has 3 unspecified atom stereocenters. The molecule has 2 aromatic rings. The van der Waals surface area contributed by atoms with E-state index in [0.29, 0.717) is 23.6 Å². The minimum atomic E-state index is -2.27. The number of hydrogen-bond acceptors (Lipinski definition) is 8. The van der Waals surface area contributed by atoms with Gasteiger partial charge in [-0.2, -0.15) is 0 Å². The van der Waals surface area contributed by atoms with Crippen LogP contribution in [0.15, 0.2) is 42.5 Å². The molecule has 0 bridgehead atoms. The summed E-state index contributed by atoms with van der Waals surface area (Å²) in [4.78, 5) is 0. The summed E-state index contributed by atoms with van der Waals surface area (Å²) in [5, 5.41) is 13.6. The smallest absolute Gasteiger partial charge is 0.221 e. The van der Waals surface area contributed by atoms with Gasteiger partial charge in [0.1, 0.15) is 36.3 Å². The summed E-state index contributed by atoms with van der Waals surface area (Å²) < 4.78 is 45.6. The molecular formula is C35H59ClO8Si4. The molecule has 2 heterocycles. The lowest BCUT2D eigenvalue weighted by Crippen LogP contribution is -2.69. The van der Waals surface area contributed by atoms with Gasteiger partial charge >= 0.3 is 0 Å². The van der Waals surface area contributed by atoms with Gasteiger partial charge in [-0.1, -0.05) is 29.8 Å². The van der Waals surface area contributed by atoms with Crippen molar-refractivity contribution < 1.29 is 37.0 Å². The second-order valence-corrected chi connectivity index (χ2v) is 35.3. The van der Waals surface area contributed by atoms with Gasteiger partial charge in [0.25, 0.3) is 0 Å². The standard InChI is InChI=1S/C35H59ClO8Si4/c1-45(2,3)39-24-31-32(42-46(4,5)6)33(43-47(7,8)9)34(44-48(10,11)12)35(37,41-31)27-15-18-30(36)26(22-27)21-25-13-16-28(17-14-25)40-29-19-20-38-23-29/h13-18,22,29,31-34,37H,19-21,23-24H2,1-12H3/t29-,31+,32?,33?,34?,35-/m0/s1. The van der Waals surface area contributed by atoms with Gasteiger partial charge in [-0.25, -0.2) is 0 Å². The second-order valence-electron chi connectivity index (χ2n) is 17.0. The van der Waals surface area contributed by atoms with Crippen LogP contribution in [0, 0.1) is 0 Å². The van der Waals surface area contributed by atoms with Crippen LogP contribution in [-0.2, 0) is 39.4 Å². The number of benzene rings is 2. The second kappa shape index (κ2) is 15.4. The van der Waals surface area contributed by atoms with E-state index in [1.165, 1.54) is 0 Å². The summed E-state index contributed by atoms with van der Waals surface area (Å²) in [7, 11) is -8.51. The molecule has 0 radical (unpaired) electrons. The third-order valence-electron chi connectivity index (χ3n) is 7.81. The first-order chi connectivity index (χ1) is 22.0. The van der Waals surface area contributed by atoms with E-state index in [4.69, 9.17) is 43.5 Å². The van der Waals surface area contributed by atoms with E-state index >= 15 is 0 Å². The molecule has 4 rings (SSSR count). The van der Waals surface area contributed by atoms with E-state index < -0.39 is 63.5 Å². The highest BCUT2D eigenvalue weighted by Crippen LogP contribution is 2.44. The number of aliphatic hydroxyl groups is 1. The van der Waals surface area contributed by atoms with Gasteiger partial charge in [-0.3, -0.25) is 0 Å². The van der Waals surface area contributed by atoms with Crippen molar-refractivity contribution >= 4 is 44.9 Å². The monoisotopic (exact) mass is 754 g/mol. The van der Waals surface area contributed by atoms with Crippen molar-refractivity contribution in [3.63, 3.8) is 0 Å². The fraction of sp³-hybridized carbons (Fsp3) is 0.657. The zero-order chi connectivity index (χ0) is 35.7. The van der Waals surface area contributed by atoms with Crippen LogP contribution in [0.2, 0.25) is 83.6 Å². The number of rotatable bonds is 14. The van der Waals surface area contributed by atoms with Crippen molar-refractivity contribution in [1.82, 2.24) is 0 Å². The van der Waals surface area contributed by atoms with E-state index in [-0.39, 0.29) is 12.7 Å². The zero-order valence-corrected chi connectivity index (χ0v) is 35.9. The molecule has 8 nitrogen and oxygen atoms in total. The van der Waals surface area contributed by atoms with Crippen molar-refractivity contribution in [1.29, 1.82) is 0 Å². The lowest BCUT2D eigenvalue weighted by molar-refractivity contribution is -0.348. The van der Waals surface area contributed by atoms with E-state index in [9.17, 15) is 5.11 Å². The minimum absolute atomic E-state index is 0.0917. The van der Waals surface area contributed by atoms with Crippen LogP contribution in [0.5, 0.6) is 5.75 Å². The highest BCUT2D eigenvalue weighted by atomic mass is 35.5. The van der Waals surface area contributed by atoms with Crippen LogP contribution < -0.4 is 4.74 Å². The predicted molar refractivity (Wildman–Crippen MR) is 203 cm³/mol. The zero-order valence-electron chi connectivity index (χ0n) is 31.1. The Balaban J connectivity index is 1.76. The Bertz CT molecular complexity index is 1350. The van der Waals surface area contributed by atoms with E-state index in [1.807, 2.05) is 30.3 Å². The first kappa shape index (κ1) is 39.9. The molecule has 270 valence electrons. The highest BCUT2D eigenvalue weighted by molar-refractivity contribution is 6.71. The molecular weight excluding hydrogens is 696 g/mol. The summed E-state index contributed by atoms with van der Waals surface area (Å²) in [6, 6.07) is 13.7. The van der Waals surface area contributed by atoms with Gasteiger partial charge in [0.15, 0.2) is 33.3 Å². The average molecular weight is 756 g/mol. The molecule has 0 aliphatic carbocycles. The van der Waals surface area contributed by atoms with Crippen molar-refractivity contribution in [2.75, 3.05) is 19.8 Å². The molecule has 2 aromatic carbocycles. The van der Waals surface area contributed by atoms with Gasteiger partial charge in [0.05, 0.1) is 19.8 Å². The summed E-state index contributed by atoms with van der Waals surface area (Å²) in [6.07, 6.45) is -0.941. The number of hydrogen-bond donors (Lipinski definition) is 1. The van der Waals surface area contributed by atoms with E-state index in [1.54, 1.807) is 0 Å². The Morgan fingerprint density at radius 3 is 1.94 bits per heavy atom. The molecule has 2 aliphatic heterocycles. The van der Waals surface area contributed by atoms with E-state index in [0.717, 1.165) is 29.9 Å². The maximum atomic E-state index is 13.0. The summed E-state index contributed by atoms with van der Waals surface area (Å²) in [5.74, 6) is -1.03. The molecule has 1 N–H and O–H groups in total. The van der Waals surface area contributed by atoms with Crippen LogP contribution >= 0.6 is 11.6 Å². The fourth-order valence-corrected chi connectivity index (χ4v) is 10.00. The largest absolute Gasteiger partial charge is 0.488 e. The third kappa shape index (κ3) is 11.6. The molecule has 0 amide bonds. The predicted octanol–water partition coefficient (Wildman–Crippen LogP) is 8.15. The Hall–Kier alpha value is -0.882. The molecule has 0 spiro atoms. The average Bonchev–Trinajstić information content (AvgIpc) is 3.44. The molecule has 48 heavy (non-hydrogen) atoms. The maximum absolute atomic E-state index is 13.0. The summed E-state index contributed by atoms with van der Waals surface area (Å²) >= 11 is 6.82. The van der Waals surface area contributed by atoms with Crippen LogP contribution in [0.3, 0.4) is 0 Å². The van der Waals surface area contributed by atoms with Crippen LogP contribution in [0.1, 0.15) is 23.1 Å². The van der Waals surface area contributed by atoms with Gasteiger partial charge in [0.2, 0.25) is 5.79 Å². The fourth-order valence-electron chi connectivity index (χ4n) is 5.92. The van der Waals surface area contributed by atoms with Gasteiger partial charge in [0, 0.05) is 17.0 Å². The SMILES string of the molecule is C[Si](C)(C)OC[C@H]1O[C@@](O)(c2ccc(Cl)c(Cc3ccc(O[C@H]4CCOC4)cc3)c2)C(O[Si](C)(C)C)C(O[Si](C)(C)C)C1O[Si](C)(C)C. The van der Waals surface area contributed by atoms with Crippen molar-refractivity contribution in [2.45, 2.75) is 128 Å². The summed E-state index contributed by atoms with van der Waals surface area (Å²) in [5.41, 5.74) is 2.51. The van der Waals surface area contributed by atoms with Gasteiger partial charge in [-0.05, 0) is 120 Å². The lowest BCUT2D eigenvalue weighted by Gasteiger charge is -2.54. The molecule has 2 aliphatic rings. The topological polar surface area (TPSA) is 84.8 Å². The van der Waals surface area contributed by atoms with Crippen molar-refractivity contribution in [3.8, 4) is 5.75 Å². The first-order valence-electron chi connectivity index (χ1n) is 17.2. The molecule has 6 atom stereocenters. The van der Waals surface area contributed by atoms with Crippen molar-refractivity contribution in [2.24, 2.45) is 0 Å². The molecule has 13 heteroatoms. The number of ether oxygens (including phenoxy) is 3. The molecule has 2 fully saturated rings. The van der Waals surface area contributed by atoms with Gasteiger partial charge in [-0.15, -0.1) is 0 Å². The quantitative estimate of drug-likeness (QED) is 0.194. The van der Waals surface area contributed by atoms with Gasteiger partial charge < -0.3 is 37.0 Å². The Labute approximate surface area is 298 Å². The Morgan fingerprint density at radius 2 is 1.40 bits per heavy atom. The maximum Gasteiger partial charge on any atom is 0.221 e. The Kier molecular flexibility index (Phi) is 12.8. The Morgan fingerprint density at radius 1 is 0.792 bits per heavy atom. The lowest BCUT2D eigenvalue weighted by atomic mass is 9.87. The normalized spacial score (nSPS) is 27.3. The molecule has 0 aromatic heterocycles. The minimum Gasteiger partial charge on any atom is -0.488 e. The van der Waals surface area contributed by atoms with Crippen LogP contribution in [-0.4, -0.2) is 88.7 Å². The molecule has 0 saturated carbocycles. The summed E-state index contributed by atoms with van der Waals surface area (Å²) in [6.45, 7) is 27.4. The molecule has 2 saturated heterocycles. The highest BCUT2D eigenvalue weighted by Gasteiger charge is 2.59. The third-order valence-corrected chi connectivity index (χ3v) is 12.1. The first-order valence-corrected chi connectivity index (χ1v) is 31.2. The van der Waals surface area contributed by atoms with E-state index in [2.05, 4.69) is 90.7 Å². The van der Waals surface area contributed by atoms with Crippen LogP contribution in [0.25, 0.3) is 0 Å². The van der Waals surface area contributed by atoms with Crippen molar-refractivity contribution in [3.05, 3.63) is 64.2 Å².